The van der Waals surface area contributed by atoms with Gasteiger partial charge in [-0.1, -0.05) is 0 Å². The van der Waals surface area contributed by atoms with Crippen LogP contribution < -0.4 is 15.9 Å². The van der Waals surface area contributed by atoms with Crippen molar-refractivity contribution >= 4 is 31.1 Å². The molecule has 0 aliphatic heterocycles. The molecule has 0 aliphatic carbocycles. The molecule has 0 radical (unpaired) electrons. The Bertz CT molecular complexity index is 681. The van der Waals surface area contributed by atoms with Gasteiger partial charge in [0.05, 0.1) is 0 Å². The number of hydrogen-bond acceptors (Lipinski definition) is 0. The molecule has 1 unspecified atom stereocenters. The van der Waals surface area contributed by atoms with Gasteiger partial charge in [0, 0.05) is 0 Å². The molecule has 0 saturated heterocycles. The topological polar surface area (TPSA) is 0 Å². The summed E-state index contributed by atoms with van der Waals surface area (Å²) in [6.07, 6.45) is -1.43. The fourth-order valence-electron chi connectivity index (χ4n) is 3.83. The molecule has 0 aliphatic rings. The van der Waals surface area contributed by atoms with Gasteiger partial charge in [-0.05, 0) is 0 Å². The van der Waals surface area contributed by atoms with E-state index in [1.807, 2.05) is 0 Å². The molecular formula is C22H26P2. The van der Waals surface area contributed by atoms with E-state index in [-0.39, 0.29) is 0 Å². The second kappa shape index (κ2) is 6.79. The first-order chi connectivity index (χ1) is 11.6. The van der Waals surface area contributed by atoms with Crippen LogP contribution in [0.25, 0.3) is 0 Å². The maximum absolute atomic E-state index is 3.39. The first-order valence-electron chi connectivity index (χ1n) is 8.54. The fourth-order valence-corrected chi connectivity index (χ4v) is 12.2. The van der Waals surface area contributed by atoms with Crippen molar-refractivity contribution < 1.29 is 0 Å². The van der Waals surface area contributed by atoms with Crippen molar-refractivity contribution in [2.45, 2.75) is 13.8 Å². The van der Waals surface area contributed by atoms with E-state index in [4.69, 9.17) is 0 Å². The van der Waals surface area contributed by atoms with Crippen LogP contribution in [0.15, 0.2) is 91.0 Å². The monoisotopic (exact) mass is 352 g/mol. The second-order valence-electron chi connectivity index (χ2n) is 6.96. The Balaban J connectivity index is 2.42. The number of benzene rings is 3. The Kier molecular flexibility index (Phi) is 4.91. The van der Waals surface area contributed by atoms with Crippen LogP contribution in [0, 0.1) is 5.92 Å². The van der Waals surface area contributed by atoms with E-state index in [2.05, 4.69) is 114 Å². The van der Waals surface area contributed by atoms with Crippen molar-refractivity contribution in [3.05, 3.63) is 91.0 Å². The molecule has 24 heavy (non-hydrogen) atoms. The molecule has 3 aromatic rings. The zero-order valence-electron chi connectivity index (χ0n) is 14.5. The van der Waals surface area contributed by atoms with Gasteiger partial charge in [-0.2, -0.15) is 0 Å². The molecule has 1 atom stereocenters. The summed E-state index contributed by atoms with van der Waals surface area (Å²) < 4.78 is 0. The van der Waals surface area contributed by atoms with Crippen LogP contribution in [0.1, 0.15) is 13.8 Å². The average Bonchev–Trinajstić information content (AvgIpc) is 2.63. The first-order valence-corrected chi connectivity index (χ1v) is 12.6. The van der Waals surface area contributed by atoms with Crippen LogP contribution in [0.3, 0.4) is 0 Å². The molecule has 3 aromatic carbocycles. The van der Waals surface area contributed by atoms with Crippen molar-refractivity contribution in [3.8, 4) is 0 Å². The molecule has 0 aromatic heterocycles. The van der Waals surface area contributed by atoms with E-state index in [1.54, 1.807) is 0 Å². The second-order valence-corrected chi connectivity index (χ2v) is 15.1. The third kappa shape index (κ3) is 2.83. The predicted molar refractivity (Wildman–Crippen MR) is 115 cm³/mol. The SMILES string of the molecule is CC(C)CP(P)(c1ccccc1)(c1ccccc1)c1ccccc1. The Morgan fingerprint density at radius 1 is 0.625 bits per heavy atom. The van der Waals surface area contributed by atoms with Crippen molar-refractivity contribution in [2.75, 3.05) is 6.16 Å². The third-order valence-corrected chi connectivity index (χ3v) is 14.0. The average molecular weight is 352 g/mol. The first kappa shape index (κ1) is 17.3. The summed E-state index contributed by atoms with van der Waals surface area (Å²) in [7, 11) is 3.39. The van der Waals surface area contributed by atoms with Gasteiger partial charge in [-0.3, -0.25) is 0 Å². The molecule has 0 nitrogen and oxygen atoms in total. The molecule has 0 fully saturated rings. The van der Waals surface area contributed by atoms with Gasteiger partial charge in [0.2, 0.25) is 0 Å². The summed E-state index contributed by atoms with van der Waals surface area (Å²) >= 11 is 0. The summed E-state index contributed by atoms with van der Waals surface area (Å²) in [5.41, 5.74) is 0. The van der Waals surface area contributed by atoms with Gasteiger partial charge in [0.1, 0.15) is 0 Å². The molecule has 0 N–H and O–H groups in total. The number of hydrogen-bond donors (Lipinski definition) is 0. The molecule has 0 heterocycles. The summed E-state index contributed by atoms with van der Waals surface area (Å²) in [6, 6.07) is 33.3. The van der Waals surface area contributed by atoms with E-state index in [0.717, 1.165) is 6.16 Å². The van der Waals surface area contributed by atoms with Gasteiger partial charge < -0.3 is 0 Å². The fraction of sp³-hybridized carbons (Fsp3) is 0.182. The van der Waals surface area contributed by atoms with Gasteiger partial charge >= 0.3 is 148 Å². The third-order valence-electron chi connectivity index (χ3n) is 4.78. The van der Waals surface area contributed by atoms with Crippen LogP contribution in [-0.4, -0.2) is 6.16 Å². The van der Waals surface area contributed by atoms with Crippen molar-refractivity contribution in [1.82, 2.24) is 0 Å². The van der Waals surface area contributed by atoms with E-state index in [1.165, 1.54) is 15.9 Å². The molecule has 0 bridgehead atoms. The summed E-state index contributed by atoms with van der Waals surface area (Å²) in [4.78, 5) is 0. The molecular weight excluding hydrogens is 326 g/mol. The minimum atomic E-state index is -2.58. The summed E-state index contributed by atoms with van der Waals surface area (Å²) in [5.74, 6) is 0.598. The van der Waals surface area contributed by atoms with E-state index in [9.17, 15) is 0 Å². The number of rotatable bonds is 5. The van der Waals surface area contributed by atoms with Crippen LogP contribution >= 0.6 is 15.2 Å². The molecule has 124 valence electrons. The standard InChI is InChI=1S/C22H26P2/c1-19(2)18-24(23,20-12-6-3-7-13-20,21-14-8-4-9-15-21)22-16-10-5-11-17-22/h3-17,19H,18,23H2,1-2H3. The normalized spacial score (nSPS) is 13.4. The molecule has 0 amide bonds. The zero-order chi connectivity index (χ0) is 17.1. The Labute approximate surface area is 148 Å². The Morgan fingerprint density at radius 2 is 0.917 bits per heavy atom. The zero-order valence-corrected chi connectivity index (χ0v) is 16.5. The van der Waals surface area contributed by atoms with Crippen molar-refractivity contribution in [2.24, 2.45) is 5.92 Å². The summed E-state index contributed by atoms with van der Waals surface area (Å²) in [6.45, 7) is 4.67. The molecule has 3 rings (SSSR count). The van der Waals surface area contributed by atoms with Gasteiger partial charge in [0.15, 0.2) is 0 Å². The van der Waals surface area contributed by atoms with Gasteiger partial charge in [-0.15, -0.1) is 0 Å². The van der Waals surface area contributed by atoms with E-state index < -0.39 is 6.29 Å². The Morgan fingerprint density at radius 3 is 1.17 bits per heavy atom. The Hall–Kier alpha value is -1.48. The predicted octanol–water partition coefficient (Wildman–Crippen LogP) is 4.96. The molecule has 2 heteroatoms. The van der Waals surface area contributed by atoms with Crippen LogP contribution in [0.2, 0.25) is 0 Å². The van der Waals surface area contributed by atoms with Crippen molar-refractivity contribution in [3.63, 3.8) is 0 Å². The van der Waals surface area contributed by atoms with Gasteiger partial charge in [-0.25, -0.2) is 0 Å². The maximum atomic E-state index is 3.39. The van der Waals surface area contributed by atoms with Gasteiger partial charge in [0.25, 0.3) is 0 Å². The van der Waals surface area contributed by atoms with Crippen LogP contribution in [-0.2, 0) is 0 Å². The quantitative estimate of drug-likeness (QED) is 0.569. The summed E-state index contributed by atoms with van der Waals surface area (Å²) in [5, 5.41) is 4.33. The molecule has 0 saturated carbocycles. The van der Waals surface area contributed by atoms with E-state index >= 15 is 0 Å². The molecule has 0 spiro atoms. The van der Waals surface area contributed by atoms with Crippen LogP contribution in [0.4, 0.5) is 0 Å². The van der Waals surface area contributed by atoms with Crippen LogP contribution in [0.5, 0.6) is 0 Å². The van der Waals surface area contributed by atoms with E-state index in [0.29, 0.717) is 5.92 Å². The van der Waals surface area contributed by atoms with Crippen molar-refractivity contribution in [1.29, 1.82) is 0 Å². The minimum absolute atomic E-state index is 0.598.